The van der Waals surface area contributed by atoms with Gasteiger partial charge in [0.25, 0.3) is 0 Å². The highest BCUT2D eigenvalue weighted by Crippen LogP contribution is 2.28. The van der Waals surface area contributed by atoms with Crippen LogP contribution in [0.2, 0.25) is 0 Å². The molecule has 6 N–H and O–H groups in total. The summed E-state index contributed by atoms with van der Waals surface area (Å²) in [4.78, 5) is 0. The Morgan fingerprint density at radius 3 is 1.96 bits per heavy atom. The fraction of sp³-hybridized carbons (Fsp3) is 0.333. The van der Waals surface area contributed by atoms with Gasteiger partial charge in [-0.1, -0.05) is 0 Å². The van der Waals surface area contributed by atoms with Gasteiger partial charge in [-0.2, -0.15) is 0 Å². The first-order chi connectivity index (χ1) is 11.5. The van der Waals surface area contributed by atoms with Crippen LogP contribution in [-0.2, 0) is 0 Å². The van der Waals surface area contributed by atoms with Gasteiger partial charge in [0.05, 0.1) is 5.69 Å². The van der Waals surface area contributed by atoms with Crippen molar-refractivity contribution in [3.05, 3.63) is 43.5 Å². The average molecular weight is 548 g/mol. The quantitative estimate of drug-likeness (QED) is 0.324. The van der Waals surface area contributed by atoms with Gasteiger partial charge in [-0.15, -0.1) is 0 Å². The molecule has 1 fully saturated rings. The van der Waals surface area contributed by atoms with E-state index in [1.165, 1.54) is 5.69 Å². The molecule has 24 heavy (non-hydrogen) atoms. The maximum Gasteiger partial charge on any atom is 0.0586 e. The summed E-state index contributed by atoms with van der Waals surface area (Å²) in [5.41, 5.74) is 16.1. The minimum Gasteiger partial charge on any atom is -0.397 e. The van der Waals surface area contributed by atoms with Crippen molar-refractivity contribution in [1.82, 2.24) is 0 Å². The van der Waals surface area contributed by atoms with E-state index < -0.39 is 0 Å². The molecule has 0 saturated heterocycles. The predicted octanol–water partition coefficient (Wildman–Crippen LogP) is 4.90. The van der Waals surface area contributed by atoms with Crippen molar-refractivity contribution in [2.24, 2.45) is 5.73 Å². The SMILES string of the molecule is Nc1c(I)cc(Nc2ccc(NC3CCC(N)CC3)cc2)cc1I. The van der Waals surface area contributed by atoms with E-state index in [1.54, 1.807) is 0 Å². The topological polar surface area (TPSA) is 76.1 Å². The molecule has 0 bridgehead atoms. The van der Waals surface area contributed by atoms with Crippen LogP contribution < -0.4 is 22.1 Å². The second-order valence-electron chi connectivity index (χ2n) is 6.31. The highest BCUT2D eigenvalue weighted by Gasteiger charge is 2.18. The van der Waals surface area contributed by atoms with Crippen molar-refractivity contribution in [2.75, 3.05) is 16.4 Å². The number of rotatable bonds is 4. The second kappa shape index (κ2) is 8.09. The van der Waals surface area contributed by atoms with Crippen LogP contribution in [0.15, 0.2) is 36.4 Å². The molecule has 0 atom stereocenters. The molecular weight excluding hydrogens is 526 g/mol. The van der Waals surface area contributed by atoms with Crippen LogP contribution in [0.4, 0.5) is 22.7 Å². The Balaban J connectivity index is 1.62. The summed E-state index contributed by atoms with van der Waals surface area (Å²) in [6.45, 7) is 0. The first kappa shape index (κ1) is 18.1. The summed E-state index contributed by atoms with van der Waals surface area (Å²) in [7, 11) is 0. The molecule has 128 valence electrons. The Morgan fingerprint density at radius 2 is 1.38 bits per heavy atom. The summed E-state index contributed by atoms with van der Waals surface area (Å²) >= 11 is 4.53. The highest BCUT2D eigenvalue weighted by molar-refractivity contribution is 14.1. The summed E-state index contributed by atoms with van der Waals surface area (Å²) in [6, 6.07) is 13.5. The van der Waals surface area contributed by atoms with E-state index in [-0.39, 0.29) is 0 Å². The van der Waals surface area contributed by atoms with Crippen molar-refractivity contribution < 1.29 is 0 Å². The summed E-state index contributed by atoms with van der Waals surface area (Å²) < 4.78 is 2.13. The molecule has 0 amide bonds. The van der Waals surface area contributed by atoms with Gasteiger partial charge < -0.3 is 22.1 Å². The Morgan fingerprint density at radius 1 is 0.833 bits per heavy atom. The summed E-state index contributed by atoms with van der Waals surface area (Å²) in [6.07, 6.45) is 4.55. The Bertz CT molecular complexity index is 672. The van der Waals surface area contributed by atoms with Gasteiger partial charge in [0.15, 0.2) is 0 Å². The fourth-order valence-electron chi connectivity index (χ4n) is 2.97. The van der Waals surface area contributed by atoms with E-state index in [9.17, 15) is 0 Å². The second-order valence-corrected chi connectivity index (χ2v) is 8.64. The van der Waals surface area contributed by atoms with E-state index in [2.05, 4.69) is 92.2 Å². The molecule has 1 aliphatic rings. The molecule has 0 spiro atoms. The predicted molar refractivity (Wildman–Crippen MR) is 120 cm³/mol. The molecule has 0 aliphatic heterocycles. The lowest BCUT2D eigenvalue weighted by Crippen LogP contribution is -2.32. The highest BCUT2D eigenvalue weighted by atomic mass is 127. The van der Waals surface area contributed by atoms with Crippen LogP contribution in [0.3, 0.4) is 0 Å². The van der Waals surface area contributed by atoms with Gasteiger partial charge in [-0.25, -0.2) is 0 Å². The van der Waals surface area contributed by atoms with Crippen molar-refractivity contribution in [3.8, 4) is 0 Å². The molecule has 0 heterocycles. The van der Waals surface area contributed by atoms with Crippen molar-refractivity contribution in [2.45, 2.75) is 37.8 Å². The van der Waals surface area contributed by atoms with Crippen molar-refractivity contribution >= 4 is 67.9 Å². The van der Waals surface area contributed by atoms with E-state index >= 15 is 0 Å². The number of hydrogen-bond donors (Lipinski definition) is 4. The van der Waals surface area contributed by atoms with Gasteiger partial charge in [-0.05, 0) is 107 Å². The number of anilines is 4. The number of nitrogens with one attached hydrogen (secondary N) is 2. The molecular formula is C18H22I2N4. The average Bonchev–Trinajstić information content (AvgIpc) is 2.56. The van der Waals surface area contributed by atoms with Crippen LogP contribution in [0, 0.1) is 7.14 Å². The number of nitrogen functional groups attached to an aromatic ring is 1. The van der Waals surface area contributed by atoms with Crippen LogP contribution in [0.1, 0.15) is 25.7 Å². The third-order valence-electron chi connectivity index (χ3n) is 4.40. The maximum absolute atomic E-state index is 6.00. The lowest BCUT2D eigenvalue weighted by atomic mass is 9.92. The molecule has 0 unspecified atom stereocenters. The molecule has 1 saturated carbocycles. The molecule has 4 nitrogen and oxygen atoms in total. The normalized spacial score (nSPS) is 20.6. The molecule has 0 radical (unpaired) electrons. The molecule has 2 aromatic carbocycles. The van der Waals surface area contributed by atoms with E-state index in [0.717, 1.165) is 49.9 Å². The minimum absolute atomic E-state index is 0.389. The van der Waals surface area contributed by atoms with Crippen LogP contribution in [0.25, 0.3) is 0 Å². The van der Waals surface area contributed by atoms with Gasteiger partial charge in [0.2, 0.25) is 0 Å². The molecule has 1 aliphatic carbocycles. The third-order valence-corrected chi connectivity index (χ3v) is 6.18. The Labute approximate surface area is 170 Å². The van der Waals surface area contributed by atoms with Crippen molar-refractivity contribution in [1.29, 1.82) is 0 Å². The zero-order valence-electron chi connectivity index (χ0n) is 13.4. The molecule has 2 aromatic rings. The number of benzene rings is 2. The summed E-state index contributed by atoms with van der Waals surface area (Å²) in [5, 5.41) is 7.06. The first-order valence-electron chi connectivity index (χ1n) is 8.15. The van der Waals surface area contributed by atoms with Gasteiger partial charge >= 0.3 is 0 Å². The van der Waals surface area contributed by atoms with Crippen molar-refractivity contribution in [3.63, 3.8) is 0 Å². The lowest BCUT2D eigenvalue weighted by molar-refractivity contribution is 0.411. The van der Waals surface area contributed by atoms with E-state index in [1.807, 2.05) is 0 Å². The van der Waals surface area contributed by atoms with Gasteiger partial charge in [0, 0.05) is 36.3 Å². The smallest absolute Gasteiger partial charge is 0.0586 e. The molecule has 6 heteroatoms. The Kier molecular flexibility index (Phi) is 6.09. The Hall–Kier alpha value is -0.740. The van der Waals surface area contributed by atoms with Crippen LogP contribution >= 0.6 is 45.2 Å². The van der Waals surface area contributed by atoms with Crippen LogP contribution in [0.5, 0.6) is 0 Å². The summed E-state index contributed by atoms with van der Waals surface area (Å²) in [5.74, 6) is 0. The lowest BCUT2D eigenvalue weighted by Gasteiger charge is -2.27. The van der Waals surface area contributed by atoms with Gasteiger partial charge in [0.1, 0.15) is 0 Å². The number of hydrogen-bond acceptors (Lipinski definition) is 4. The first-order valence-corrected chi connectivity index (χ1v) is 10.3. The third kappa shape index (κ3) is 4.66. The minimum atomic E-state index is 0.389. The van der Waals surface area contributed by atoms with E-state index in [4.69, 9.17) is 11.5 Å². The largest absolute Gasteiger partial charge is 0.397 e. The number of nitrogens with two attached hydrogens (primary N) is 2. The number of halogens is 2. The zero-order valence-corrected chi connectivity index (χ0v) is 17.7. The fourth-order valence-corrected chi connectivity index (χ4v) is 4.74. The van der Waals surface area contributed by atoms with Crippen LogP contribution in [-0.4, -0.2) is 12.1 Å². The van der Waals surface area contributed by atoms with Gasteiger partial charge in [-0.3, -0.25) is 0 Å². The zero-order chi connectivity index (χ0) is 17.1. The molecule has 0 aromatic heterocycles. The monoisotopic (exact) mass is 548 g/mol. The van der Waals surface area contributed by atoms with E-state index in [0.29, 0.717) is 12.1 Å². The standard InChI is InChI=1S/C18H22I2N4/c19-16-9-15(10-17(20)18(16)22)24-14-7-5-13(6-8-14)23-12-3-1-11(21)2-4-12/h5-12,23-24H,1-4,21-22H2. The molecule has 3 rings (SSSR count). The maximum atomic E-state index is 6.00.